The summed E-state index contributed by atoms with van der Waals surface area (Å²) in [5.74, 6) is 0. The van der Waals surface area contributed by atoms with Gasteiger partial charge in [0, 0.05) is 0 Å². The summed E-state index contributed by atoms with van der Waals surface area (Å²) in [5, 5.41) is 18.7. The monoisotopic (exact) mass is 293 g/mol. The Morgan fingerprint density at radius 3 is 2.00 bits per heavy atom. The molecule has 2 aliphatic carbocycles. The molecule has 0 aliphatic heterocycles. The number of rotatable bonds is 5. The van der Waals surface area contributed by atoms with E-state index in [4.69, 9.17) is 9.12 Å². The second kappa shape index (κ2) is 7.66. The van der Waals surface area contributed by atoms with Crippen LogP contribution in [0.4, 0.5) is 0 Å². The van der Waals surface area contributed by atoms with E-state index in [-0.39, 0.29) is 23.6 Å². The molecule has 0 aromatic heterocycles. The van der Waals surface area contributed by atoms with Crippen LogP contribution in [0.3, 0.4) is 0 Å². The van der Waals surface area contributed by atoms with Gasteiger partial charge in [-0.25, -0.2) is 4.21 Å². The number of nitrogens with one attached hydrogen (secondary N) is 1. The molecule has 0 amide bonds. The largest absolute Gasteiger partial charge is 0.393 e. The van der Waals surface area contributed by atoms with Gasteiger partial charge in [0.25, 0.3) is 0 Å². The summed E-state index contributed by atoms with van der Waals surface area (Å²) in [6, 6.07) is 0. The molecule has 0 saturated heterocycles. The Bertz CT molecular complexity index is 288. The predicted octanol–water partition coefficient (Wildman–Crippen LogP) is 0.710. The summed E-state index contributed by atoms with van der Waals surface area (Å²) in [7, 11) is 0. The molecule has 7 heteroatoms. The fraction of sp³-hybridized carbons (Fsp3) is 1.00. The summed E-state index contributed by atoms with van der Waals surface area (Å²) < 4.78 is 16.8. The van der Waals surface area contributed by atoms with Gasteiger partial charge < -0.3 is 10.2 Å². The quantitative estimate of drug-likeness (QED) is 0.647. The van der Waals surface area contributed by atoms with Crippen molar-refractivity contribution in [1.82, 2.24) is 5.64 Å². The minimum absolute atomic E-state index is 0.00794. The van der Waals surface area contributed by atoms with Gasteiger partial charge in [0.1, 0.15) is 0 Å². The van der Waals surface area contributed by atoms with Crippen LogP contribution in [0.1, 0.15) is 51.4 Å². The Kier molecular flexibility index (Phi) is 6.18. The molecule has 2 fully saturated rings. The van der Waals surface area contributed by atoms with Gasteiger partial charge >= 0.3 is 0 Å². The zero-order chi connectivity index (χ0) is 13.7. The van der Waals surface area contributed by atoms with Gasteiger partial charge in [-0.15, -0.1) is 0 Å². The molecule has 112 valence electrons. The number of hydrogen-bond donors (Lipinski definition) is 3. The Labute approximate surface area is 116 Å². The van der Waals surface area contributed by atoms with Crippen LogP contribution in [0.15, 0.2) is 0 Å². The van der Waals surface area contributed by atoms with Crippen molar-refractivity contribution < 1.29 is 23.5 Å². The smallest absolute Gasteiger partial charge is 0.178 e. The molecule has 0 heterocycles. The predicted molar refractivity (Wildman–Crippen MR) is 70.0 cm³/mol. The molecule has 2 aliphatic rings. The Balaban J connectivity index is 1.59. The van der Waals surface area contributed by atoms with E-state index in [1.54, 1.807) is 0 Å². The molecule has 3 N–H and O–H groups in total. The minimum atomic E-state index is -1.43. The van der Waals surface area contributed by atoms with Crippen molar-refractivity contribution >= 4 is 11.1 Å². The summed E-state index contributed by atoms with van der Waals surface area (Å²) in [5.41, 5.74) is 2.33. The number of hydrogen-bond acceptors (Lipinski definition) is 6. The van der Waals surface area contributed by atoms with Gasteiger partial charge in [0.05, 0.1) is 23.6 Å². The van der Waals surface area contributed by atoms with Crippen LogP contribution >= 0.6 is 0 Å². The van der Waals surface area contributed by atoms with Crippen molar-refractivity contribution in [3.8, 4) is 0 Å². The molecule has 0 radical (unpaired) electrons. The first-order valence-electron chi connectivity index (χ1n) is 7.00. The third kappa shape index (κ3) is 5.09. The van der Waals surface area contributed by atoms with Crippen molar-refractivity contribution in [2.45, 2.75) is 74.9 Å². The van der Waals surface area contributed by atoms with Crippen LogP contribution < -0.4 is 5.64 Å². The SMILES string of the molecule is O=S(ONOC1CCC(O)CC1)C1CCC(O)CC1. The third-order valence-corrected chi connectivity index (χ3v) is 5.14. The Morgan fingerprint density at radius 2 is 1.42 bits per heavy atom. The lowest BCUT2D eigenvalue weighted by Gasteiger charge is -2.26. The first-order chi connectivity index (χ1) is 9.15. The first-order valence-corrected chi connectivity index (χ1v) is 8.13. The highest BCUT2D eigenvalue weighted by Crippen LogP contribution is 2.23. The summed E-state index contributed by atoms with van der Waals surface area (Å²) in [4.78, 5) is 5.29. The van der Waals surface area contributed by atoms with Gasteiger partial charge in [-0.05, 0) is 51.4 Å². The normalized spacial score (nSPS) is 38.0. The molecule has 2 rings (SSSR count). The highest BCUT2D eigenvalue weighted by molar-refractivity contribution is 7.80. The van der Waals surface area contributed by atoms with Gasteiger partial charge in [0.15, 0.2) is 11.1 Å². The second-order valence-electron chi connectivity index (χ2n) is 5.41. The highest BCUT2D eigenvalue weighted by atomic mass is 32.2. The van der Waals surface area contributed by atoms with Gasteiger partial charge in [-0.3, -0.25) is 4.84 Å². The molecule has 0 spiro atoms. The lowest BCUT2D eigenvalue weighted by Crippen LogP contribution is -2.33. The third-order valence-electron chi connectivity index (χ3n) is 3.89. The van der Waals surface area contributed by atoms with E-state index in [2.05, 4.69) is 5.64 Å². The van der Waals surface area contributed by atoms with Gasteiger partial charge in [-0.1, -0.05) is 5.64 Å². The first kappa shape index (κ1) is 15.3. The molecular formula is C12H23NO5S. The van der Waals surface area contributed by atoms with E-state index in [1.165, 1.54) is 0 Å². The fourth-order valence-corrected chi connectivity index (χ4v) is 3.49. The van der Waals surface area contributed by atoms with Crippen molar-refractivity contribution in [1.29, 1.82) is 0 Å². The molecule has 19 heavy (non-hydrogen) atoms. The highest BCUT2D eigenvalue weighted by Gasteiger charge is 2.26. The Morgan fingerprint density at radius 1 is 0.895 bits per heavy atom. The maximum Gasteiger partial charge on any atom is 0.178 e. The molecular weight excluding hydrogens is 270 g/mol. The van der Waals surface area contributed by atoms with E-state index in [0.29, 0.717) is 25.7 Å². The van der Waals surface area contributed by atoms with E-state index in [9.17, 15) is 14.4 Å². The van der Waals surface area contributed by atoms with Gasteiger partial charge in [-0.2, -0.15) is 4.28 Å². The van der Waals surface area contributed by atoms with Crippen LogP contribution in [0.25, 0.3) is 0 Å². The average molecular weight is 293 g/mol. The maximum atomic E-state index is 11.8. The standard InChI is InChI=1S/C12H23NO5S/c14-9-1-5-11(6-2-9)17-13-18-19(16)12-7-3-10(15)4-8-12/h9-15H,1-8H2. The van der Waals surface area contributed by atoms with Crippen molar-refractivity contribution in [2.75, 3.05) is 0 Å². The molecule has 1 unspecified atom stereocenters. The van der Waals surface area contributed by atoms with E-state index < -0.39 is 11.1 Å². The zero-order valence-corrected chi connectivity index (χ0v) is 11.8. The summed E-state index contributed by atoms with van der Waals surface area (Å²) in [6.45, 7) is 0. The molecule has 6 nitrogen and oxygen atoms in total. The Hall–Kier alpha value is -0.0500. The van der Waals surface area contributed by atoms with Crippen molar-refractivity contribution in [2.24, 2.45) is 0 Å². The lowest BCUT2D eigenvalue weighted by atomic mass is 9.95. The maximum absolute atomic E-state index is 11.8. The second-order valence-corrected chi connectivity index (χ2v) is 6.76. The molecule has 0 aromatic rings. The van der Waals surface area contributed by atoms with Crippen molar-refractivity contribution in [3.63, 3.8) is 0 Å². The minimum Gasteiger partial charge on any atom is -0.393 e. The van der Waals surface area contributed by atoms with Crippen LogP contribution in [0.2, 0.25) is 0 Å². The van der Waals surface area contributed by atoms with Crippen LogP contribution in [0.5, 0.6) is 0 Å². The van der Waals surface area contributed by atoms with Crippen molar-refractivity contribution in [3.05, 3.63) is 0 Å². The number of aliphatic hydroxyl groups excluding tert-OH is 2. The van der Waals surface area contributed by atoms with Crippen LogP contribution in [-0.2, 0) is 20.2 Å². The zero-order valence-electron chi connectivity index (χ0n) is 11.0. The lowest BCUT2D eigenvalue weighted by molar-refractivity contribution is -0.153. The van der Waals surface area contributed by atoms with Crippen LogP contribution in [-0.4, -0.2) is 38.0 Å². The molecule has 1 atom stereocenters. The number of aliphatic hydroxyl groups is 2. The van der Waals surface area contributed by atoms with E-state index in [1.807, 2.05) is 0 Å². The fourth-order valence-electron chi connectivity index (χ4n) is 2.59. The van der Waals surface area contributed by atoms with Gasteiger partial charge in [0.2, 0.25) is 0 Å². The molecule has 2 saturated carbocycles. The summed E-state index contributed by atoms with van der Waals surface area (Å²) >= 11 is -1.43. The van der Waals surface area contributed by atoms with Crippen LogP contribution in [0, 0.1) is 0 Å². The van der Waals surface area contributed by atoms with E-state index in [0.717, 1.165) is 25.7 Å². The van der Waals surface area contributed by atoms with E-state index >= 15 is 0 Å². The summed E-state index contributed by atoms with van der Waals surface area (Å²) in [6.07, 6.45) is 5.34. The average Bonchev–Trinajstić information content (AvgIpc) is 2.41. The molecule has 0 bridgehead atoms. The topological polar surface area (TPSA) is 88.0 Å². The molecule has 0 aromatic carbocycles.